The highest BCUT2D eigenvalue weighted by molar-refractivity contribution is 5.91. The Kier molecular flexibility index (Phi) is 10.9. The van der Waals surface area contributed by atoms with Crippen LogP contribution >= 0.6 is 0 Å². The molecule has 1 N–H and O–H groups in total. The van der Waals surface area contributed by atoms with Crippen LogP contribution in [0.25, 0.3) is 0 Å². The van der Waals surface area contributed by atoms with Gasteiger partial charge in [0.15, 0.2) is 0 Å². The van der Waals surface area contributed by atoms with Gasteiger partial charge >= 0.3 is 5.97 Å². The lowest BCUT2D eigenvalue weighted by atomic mass is 9.85. The van der Waals surface area contributed by atoms with E-state index >= 15 is 0 Å². The number of rotatable bonds is 9. The van der Waals surface area contributed by atoms with Gasteiger partial charge in [-0.1, -0.05) is 40.2 Å². The van der Waals surface area contributed by atoms with Gasteiger partial charge in [0.2, 0.25) is 11.8 Å². The Balaban J connectivity index is 3.07. The van der Waals surface area contributed by atoms with Crippen molar-refractivity contribution in [3.05, 3.63) is 11.6 Å². The molecule has 0 aliphatic carbocycles. The molecule has 2 amide bonds. The molecule has 0 saturated carbocycles. The lowest BCUT2D eigenvalue weighted by molar-refractivity contribution is -0.141. The second kappa shape index (κ2) is 12.4. The van der Waals surface area contributed by atoms with Crippen LogP contribution < -0.4 is 5.32 Å². The quantitative estimate of drug-likeness (QED) is 0.429. The lowest BCUT2D eigenvalue weighted by Gasteiger charge is -2.40. The molecule has 1 rings (SSSR count). The number of carbonyl (C=O) groups is 3. The van der Waals surface area contributed by atoms with E-state index in [2.05, 4.69) is 24.1 Å². The van der Waals surface area contributed by atoms with E-state index in [4.69, 9.17) is 4.74 Å². The number of nitrogens with one attached hydrogen (secondary N) is 1. The Morgan fingerprint density at radius 2 is 1.81 bits per heavy atom. The Morgan fingerprint density at radius 3 is 2.31 bits per heavy atom. The zero-order valence-corrected chi connectivity index (χ0v) is 21.7. The van der Waals surface area contributed by atoms with Crippen LogP contribution in [0.3, 0.4) is 0 Å². The molecule has 7 nitrogen and oxygen atoms in total. The molecule has 32 heavy (non-hydrogen) atoms. The SMILES string of the molecule is CCOC(=O)C(C)=C[C@H](CC)N(C)C(=O)[C@@H](NC(=O)C1CCCCN1C(C)C)C(C)(C)C. The van der Waals surface area contributed by atoms with Crippen molar-refractivity contribution < 1.29 is 19.1 Å². The number of carbonyl (C=O) groups excluding carboxylic acids is 3. The second-order valence-electron chi connectivity index (χ2n) is 10.1. The molecule has 0 aromatic rings. The molecule has 0 aromatic heterocycles. The molecule has 3 atom stereocenters. The Labute approximate surface area is 194 Å². The predicted octanol–water partition coefficient (Wildman–Crippen LogP) is 3.53. The first-order chi connectivity index (χ1) is 14.8. The number of hydrogen-bond donors (Lipinski definition) is 1. The van der Waals surface area contributed by atoms with Crippen LogP contribution in [0, 0.1) is 5.41 Å². The molecule has 184 valence electrons. The van der Waals surface area contributed by atoms with Gasteiger partial charge in [-0.15, -0.1) is 0 Å². The largest absolute Gasteiger partial charge is 0.463 e. The highest BCUT2D eigenvalue weighted by Crippen LogP contribution is 2.25. The Bertz CT molecular complexity index is 681. The maximum Gasteiger partial charge on any atom is 0.333 e. The molecule has 1 fully saturated rings. The molecule has 0 spiro atoms. The molecule has 1 heterocycles. The van der Waals surface area contributed by atoms with Crippen molar-refractivity contribution >= 4 is 17.8 Å². The van der Waals surface area contributed by atoms with Gasteiger partial charge in [0.05, 0.1) is 18.7 Å². The molecule has 1 aliphatic heterocycles. The van der Waals surface area contributed by atoms with Crippen molar-refractivity contribution in [2.75, 3.05) is 20.2 Å². The van der Waals surface area contributed by atoms with Gasteiger partial charge in [0.25, 0.3) is 0 Å². The number of hydrogen-bond acceptors (Lipinski definition) is 5. The summed E-state index contributed by atoms with van der Waals surface area (Å²) in [7, 11) is 1.73. The fourth-order valence-electron chi connectivity index (χ4n) is 4.21. The van der Waals surface area contributed by atoms with Crippen LogP contribution in [0.5, 0.6) is 0 Å². The molecular weight excluding hydrogens is 406 g/mol. The highest BCUT2D eigenvalue weighted by atomic mass is 16.5. The Hall–Kier alpha value is -1.89. The first-order valence-corrected chi connectivity index (χ1v) is 12.0. The zero-order valence-electron chi connectivity index (χ0n) is 21.7. The van der Waals surface area contributed by atoms with E-state index < -0.39 is 11.5 Å². The normalized spacial score (nSPS) is 19.9. The molecular formula is C25H45N3O4. The maximum absolute atomic E-state index is 13.6. The van der Waals surface area contributed by atoms with Crippen LogP contribution in [0.15, 0.2) is 11.6 Å². The number of nitrogens with zero attached hydrogens (tertiary/aromatic N) is 2. The van der Waals surface area contributed by atoms with Crippen LogP contribution in [0.2, 0.25) is 0 Å². The van der Waals surface area contributed by atoms with E-state index in [1.807, 2.05) is 27.7 Å². The molecule has 0 radical (unpaired) electrons. The van der Waals surface area contributed by atoms with Crippen molar-refractivity contribution in [2.45, 2.75) is 105 Å². The van der Waals surface area contributed by atoms with Crippen LogP contribution in [0.4, 0.5) is 0 Å². The van der Waals surface area contributed by atoms with Gasteiger partial charge in [0.1, 0.15) is 6.04 Å². The second-order valence-corrected chi connectivity index (χ2v) is 10.1. The number of esters is 1. The fourth-order valence-corrected chi connectivity index (χ4v) is 4.21. The third-order valence-corrected chi connectivity index (χ3v) is 6.21. The molecule has 1 aliphatic rings. The van der Waals surface area contributed by atoms with E-state index in [0.29, 0.717) is 18.6 Å². The van der Waals surface area contributed by atoms with Crippen molar-refractivity contribution in [2.24, 2.45) is 5.41 Å². The summed E-state index contributed by atoms with van der Waals surface area (Å²) in [5.74, 6) is -0.609. The summed E-state index contributed by atoms with van der Waals surface area (Å²) in [5.41, 5.74) is 0.0146. The van der Waals surface area contributed by atoms with Gasteiger partial charge in [-0.05, 0) is 58.9 Å². The number of piperidine rings is 1. The topological polar surface area (TPSA) is 79.0 Å². The first kappa shape index (κ1) is 28.1. The summed E-state index contributed by atoms with van der Waals surface area (Å²) in [5, 5.41) is 3.08. The molecule has 1 saturated heterocycles. The van der Waals surface area contributed by atoms with Gasteiger partial charge < -0.3 is 15.0 Å². The number of ether oxygens (including phenoxy) is 1. The van der Waals surface area contributed by atoms with E-state index in [0.717, 1.165) is 25.8 Å². The predicted molar refractivity (Wildman–Crippen MR) is 128 cm³/mol. The monoisotopic (exact) mass is 451 g/mol. The summed E-state index contributed by atoms with van der Waals surface area (Å²) < 4.78 is 5.07. The van der Waals surface area contributed by atoms with Gasteiger partial charge in [-0.2, -0.15) is 0 Å². The van der Waals surface area contributed by atoms with E-state index in [-0.39, 0.29) is 35.9 Å². The van der Waals surface area contributed by atoms with Crippen LogP contribution in [-0.2, 0) is 19.1 Å². The Morgan fingerprint density at radius 1 is 1.19 bits per heavy atom. The van der Waals surface area contributed by atoms with Crippen LogP contribution in [0.1, 0.15) is 81.1 Å². The summed E-state index contributed by atoms with van der Waals surface area (Å²) >= 11 is 0. The number of amides is 2. The van der Waals surface area contributed by atoms with Crippen LogP contribution in [-0.4, -0.2) is 72.0 Å². The summed E-state index contributed by atoms with van der Waals surface area (Å²) in [6, 6.07) is -0.866. The summed E-state index contributed by atoms with van der Waals surface area (Å²) in [4.78, 5) is 42.7. The third kappa shape index (κ3) is 7.61. The molecule has 1 unspecified atom stereocenters. The van der Waals surface area contributed by atoms with Gasteiger partial charge in [-0.25, -0.2) is 4.79 Å². The summed E-state index contributed by atoms with van der Waals surface area (Å²) in [6.45, 7) is 16.7. The van der Waals surface area contributed by atoms with Crippen molar-refractivity contribution in [1.82, 2.24) is 15.1 Å². The third-order valence-electron chi connectivity index (χ3n) is 6.21. The fraction of sp³-hybridized carbons (Fsp3) is 0.800. The van der Waals surface area contributed by atoms with Crippen molar-refractivity contribution in [3.63, 3.8) is 0 Å². The molecule has 7 heteroatoms. The number of likely N-dealkylation sites (N-methyl/N-ethyl adjacent to an activating group) is 1. The standard InChI is InChI=1S/C25H45N3O4/c1-10-19(16-18(5)24(31)32-11-2)27(9)23(30)21(25(6,7)8)26-22(29)20-14-12-13-15-28(20)17(3)4/h16-17,19-21H,10-15H2,1-9H3,(H,26,29)/t19-,20?,21+/m0/s1. The highest BCUT2D eigenvalue weighted by Gasteiger charge is 2.39. The van der Waals surface area contributed by atoms with Gasteiger partial charge in [0, 0.05) is 18.7 Å². The zero-order chi connectivity index (χ0) is 24.6. The van der Waals surface area contributed by atoms with E-state index in [1.165, 1.54) is 0 Å². The lowest BCUT2D eigenvalue weighted by Crippen LogP contribution is -2.60. The maximum atomic E-state index is 13.6. The minimum Gasteiger partial charge on any atom is -0.463 e. The first-order valence-electron chi connectivity index (χ1n) is 12.0. The average Bonchev–Trinajstić information content (AvgIpc) is 2.73. The van der Waals surface area contributed by atoms with E-state index in [9.17, 15) is 14.4 Å². The number of likely N-dealkylation sites (tertiary alicyclic amines) is 1. The van der Waals surface area contributed by atoms with E-state index in [1.54, 1.807) is 31.9 Å². The molecule has 0 aromatic carbocycles. The summed E-state index contributed by atoms with van der Waals surface area (Å²) in [6.07, 6.45) is 5.35. The average molecular weight is 452 g/mol. The van der Waals surface area contributed by atoms with Gasteiger partial charge in [-0.3, -0.25) is 14.5 Å². The van der Waals surface area contributed by atoms with Crippen molar-refractivity contribution in [3.8, 4) is 0 Å². The molecule has 0 bridgehead atoms. The minimum absolute atomic E-state index is 0.0774. The van der Waals surface area contributed by atoms with Crippen molar-refractivity contribution in [1.29, 1.82) is 0 Å². The minimum atomic E-state index is -0.665. The smallest absolute Gasteiger partial charge is 0.333 e.